The van der Waals surface area contributed by atoms with Crippen molar-refractivity contribution in [2.75, 3.05) is 19.8 Å². The van der Waals surface area contributed by atoms with Crippen LogP contribution < -0.4 is 16.4 Å². The van der Waals surface area contributed by atoms with Gasteiger partial charge in [-0.1, -0.05) is 127 Å². The van der Waals surface area contributed by atoms with Gasteiger partial charge in [-0.05, 0) is 174 Å². The van der Waals surface area contributed by atoms with Crippen LogP contribution in [-0.4, -0.2) is 195 Å². The van der Waals surface area contributed by atoms with Crippen molar-refractivity contribution in [2.45, 2.75) is 194 Å². The Hall–Kier alpha value is -12.6. The lowest BCUT2D eigenvalue weighted by atomic mass is 9.93. The van der Waals surface area contributed by atoms with Crippen molar-refractivity contribution >= 4 is 77.4 Å². The Morgan fingerprint density at radius 3 is 0.919 bits per heavy atom. The number of hydrogen-bond donors (Lipinski definition) is 3. The molecule has 0 unspecified atom stereocenters. The molecule has 0 aliphatic carbocycles. The number of carbonyl (C=O) groups is 13. The first-order valence-corrected chi connectivity index (χ1v) is 39.8. The van der Waals surface area contributed by atoms with Gasteiger partial charge in [0.25, 0.3) is 5.91 Å². The van der Waals surface area contributed by atoms with Crippen LogP contribution in [0, 0.1) is 21.7 Å². The van der Waals surface area contributed by atoms with Gasteiger partial charge in [-0.15, -0.1) is 0 Å². The van der Waals surface area contributed by atoms with Gasteiger partial charge < -0.3 is 87.4 Å². The average Bonchev–Trinajstić information content (AvgIpc) is 0.768. The van der Waals surface area contributed by atoms with E-state index in [-0.39, 0.29) is 38.9 Å². The second kappa shape index (κ2) is 41.3. The van der Waals surface area contributed by atoms with Gasteiger partial charge in [0.1, 0.15) is 31.0 Å². The van der Waals surface area contributed by atoms with E-state index in [9.17, 15) is 47.9 Å². The first-order chi connectivity index (χ1) is 58.3. The fourth-order valence-electron chi connectivity index (χ4n) is 12.5. The maximum atomic E-state index is 15.2. The molecule has 7 aromatic rings. The molecule has 0 bridgehead atoms. The molecule has 3 fully saturated rings. The molecule has 3 aliphatic heterocycles. The van der Waals surface area contributed by atoms with E-state index >= 15 is 14.4 Å². The molecule has 0 spiro atoms. The van der Waals surface area contributed by atoms with Crippen LogP contribution in [0.1, 0.15) is 168 Å². The van der Waals surface area contributed by atoms with Crippen molar-refractivity contribution in [1.82, 2.24) is 10.6 Å². The Bertz CT molecular complexity index is 4820. The number of ether oxygens (including phenoxy) is 15. The fraction of sp³-hybridized carbons (Fsp3) is 0.402. The molecule has 16 atom stereocenters. The van der Waals surface area contributed by atoms with Crippen molar-refractivity contribution in [3.8, 4) is 0 Å². The van der Waals surface area contributed by atoms with Gasteiger partial charge in [0.15, 0.2) is 73.7 Å². The van der Waals surface area contributed by atoms with E-state index in [1.165, 1.54) is 220 Å². The van der Waals surface area contributed by atoms with E-state index in [0.29, 0.717) is 0 Å². The van der Waals surface area contributed by atoms with Gasteiger partial charge in [0, 0.05) is 12.0 Å². The highest BCUT2D eigenvalue weighted by molar-refractivity contribution is 5.98. The van der Waals surface area contributed by atoms with Crippen LogP contribution in [0.5, 0.6) is 0 Å². The van der Waals surface area contributed by atoms with Crippen LogP contribution in [0.2, 0.25) is 0 Å². The molecule has 31 nitrogen and oxygen atoms in total. The molecule has 3 heterocycles. The second-order valence-corrected chi connectivity index (χ2v) is 33.4. The molecule has 0 saturated carbocycles. The molecule has 3 saturated heterocycles. The standard InChI is InChI=1S/C92H101N3O28/c1-89(2,3)85(105)111-52-63-67(121-86(106)90(4,5)6)70(122-87(107)91(7,8)9)73(123-88(108)92(10,11)12)84(114-63)110-51-62-66(116-78(100)55-38-24-15-25-39-55)69(118-80(102)57-42-28-17-29-43-57)72(120-82(104)59-46-32-19-33-47-59)83(113-62)109-50-61-65(115-77(99)54-36-22-14-23-37-54)68(117-79(101)56-40-26-16-27-41-56)71(119-81(103)58-44-30-18-31-45-58)76(112-61)95-64(96)49-48-60(74(93)97)94-75(98)53-34-20-13-21-35-53/h13-47,60-63,65-73,76,83-84H,48-52H2,1-12H3,(H2,93,97)(H,94,98)(H,95,96)/t60-,61+,62+,63+,65-,66-,67-,68-,69-,70-,71+,72+,73+,76+,83+,84+/m0/s1. The third kappa shape index (κ3) is 25.3. The van der Waals surface area contributed by atoms with Crippen molar-refractivity contribution in [3.05, 3.63) is 251 Å². The van der Waals surface area contributed by atoms with Crippen molar-refractivity contribution in [1.29, 1.82) is 0 Å². The van der Waals surface area contributed by atoms with E-state index in [1.807, 2.05) is 0 Å². The summed E-state index contributed by atoms with van der Waals surface area (Å²) in [5.74, 6) is -13.0. The summed E-state index contributed by atoms with van der Waals surface area (Å²) in [5.41, 5.74) is 0.259. The lowest BCUT2D eigenvalue weighted by molar-refractivity contribution is -0.337. The van der Waals surface area contributed by atoms with Gasteiger partial charge >= 0.3 is 59.7 Å². The molecule has 652 valence electrons. The third-order valence-electron chi connectivity index (χ3n) is 19.4. The van der Waals surface area contributed by atoms with Crippen molar-refractivity contribution in [3.63, 3.8) is 0 Å². The van der Waals surface area contributed by atoms with Crippen molar-refractivity contribution in [2.24, 2.45) is 27.4 Å². The summed E-state index contributed by atoms with van der Waals surface area (Å²) in [6, 6.07) is 50.7. The predicted octanol–water partition coefficient (Wildman–Crippen LogP) is 10.2. The molecule has 10 rings (SSSR count). The highest BCUT2D eigenvalue weighted by Gasteiger charge is 2.60. The Labute approximate surface area is 710 Å². The second-order valence-electron chi connectivity index (χ2n) is 33.4. The smallest absolute Gasteiger partial charge is 0.338 e. The van der Waals surface area contributed by atoms with Crippen LogP contribution >= 0.6 is 0 Å². The first-order valence-electron chi connectivity index (χ1n) is 39.8. The maximum Gasteiger partial charge on any atom is 0.338 e. The Balaban J connectivity index is 1.15. The highest BCUT2D eigenvalue weighted by Crippen LogP contribution is 2.39. The number of rotatable bonds is 30. The third-order valence-corrected chi connectivity index (χ3v) is 19.4. The van der Waals surface area contributed by atoms with E-state index in [1.54, 1.807) is 75.4 Å². The minimum Gasteiger partial charge on any atom is -0.462 e. The van der Waals surface area contributed by atoms with Gasteiger partial charge in [-0.2, -0.15) is 0 Å². The van der Waals surface area contributed by atoms with Crippen LogP contribution in [0.4, 0.5) is 0 Å². The van der Waals surface area contributed by atoms with E-state index in [4.69, 9.17) is 76.8 Å². The zero-order valence-electron chi connectivity index (χ0n) is 70.0. The lowest BCUT2D eigenvalue weighted by Crippen LogP contribution is -2.67. The minimum absolute atomic E-state index is 0.0794. The predicted molar refractivity (Wildman–Crippen MR) is 434 cm³/mol. The van der Waals surface area contributed by atoms with Crippen LogP contribution in [0.15, 0.2) is 212 Å². The number of amides is 3. The van der Waals surface area contributed by atoms with Crippen molar-refractivity contribution < 1.29 is 133 Å². The van der Waals surface area contributed by atoms with Gasteiger partial charge in [-0.3, -0.25) is 33.6 Å². The maximum absolute atomic E-state index is 15.2. The Morgan fingerprint density at radius 1 is 0.317 bits per heavy atom. The number of nitrogens with one attached hydrogen (secondary N) is 2. The number of benzene rings is 7. The number of nitrogens with two attached hydrogens (primary N) is 1. The van der Waals surface area contributed by atoms with Crippen LogP contribution in [0.3, 0.4) is 0 Å². The largest absolute Gasteiger partial charge is 0.462 e. The zero-order chi connectivity index (χ0) is 89.1. The van der Waals surface area contributed by atoms with Gasteiger partial charge in [0.05, 0.1) is 68.3 Å². The summed E-state index contributed by atoms with van der Waals surface area (Å²) >= 11 is 0. The summed E-state index contributed by atoms with van der Waals surface area (Å²) in [6.07, 6.45) is -31.2. The molecular weight excluding hydrogens is 1600 g/mol. The molecule has 4 N–H and O–H groups in total. The van der Waals surface area contributed by atoms with E-state index in [0.717, 1.165) is 0 Å². The summed E-state index contributed by atoms with van der Waals surface area (Å²) in [4.78, 5) is 189. The lowest BCUT2D eigenvalue weighted by Gasteiger charge is -2.48. The molecule has 31 heteroatoms. The minimum atomic E-state index is -2.24. The highest BCUT2D eigenvalue weighted by atomic mass is 16.8. The summed E-state index contributed by atoms with van der Waals surface area (Å²) in [5, 5.41) is 5.20. The molecule has 123 heavy (non-hydrogen) atoms. The summed E-state index contributed by atoms with van der Waals surface area (Å²) in [7, 11) is 0. The Morgan fingerprint density at radius 2 is 0.577 bits per heavy atom. The number of esters is 10. The zero-order valence-corrected chi connectivity index (χ0v) is 70.0. The summed E-state index contributed by atoms with van der Waals surface area (Å²) in [6.45, 7) is 15.6. The SMILES string of the molecule is CC(C)(C)C(=O)OC[C@H]1O[C@@H](OC[C@H]2O[C@@H](OC[C@H]3O[C@@H](NC(=O)CC[C@H](NC(=O)c4ccccc4)C(N)=O)[C@H](OC(=O)c4ccccc4)[C@@H](OC(=O)c4ccccc4)[C@H]3OC(=O)c3ccccc3)[C@H](OC(=O)c3ccccc3)[C@@H](OC(=O)c3ccccc3)[C@H]2OC(=O)c2ccccc2)[C@H](OC(=O)C(C)(C)C)[C@@H](OC(=O)C(C)(C)C)[C@H]1OC(=O)C(C)(C)C. The first kappa shape index (κ1) is 92.7. The quantitative estimate of drug-likeness (QED) is 0.0278. The van der Waals surface area contributed by atoms with Crippen LogP contribution in [-0.2, 0) is 99.8 Å². The molecule has 7 aromatic carbocycles. The van der Waals surface area contributed by atoms with E-state index in [2.05, 4.69) is 10.6 Å². The monoisotopic (exact) mass is 1700 g/mol. The fourth-order valence-corrected chi connectivity index (χ4v) is 12.5. The molecule has 3 amide bonds. The average molecular weight is 1700 g/mol. The molecule has 0 radical (unpaired) electrons. The number of carbonyl (C=O) groups excluding carboxylic acids is 13. The molecule has 3 aliphatic rings. The number of primary amides is 1. The number of hydrogen-bond acceptors (Lipinski definition) is 28. The van der Waals surface area contributed by atoms with Crippen LogP contribution in [0.25, 0.3) is 0 Å². The molecule has 0 aromatic heterocycles. The summed E-state index contributed by atoms with van der Waals surface area (Å²) < 4.78 is 97.5. The van der Waals surface area contributed by atoms with Gasteiger partial charge in [0.2, 0.25) is 11.8 Å². The Kier molecular flexibility index (Phi) is 31.2. The van der Waals surface area contributed by atoms with Gasteiger partial charge in [-0.25, -0.2) is 28.8 Å². The normalized spacial score (nSPS) is 22.9. The molecular formula is C92H101N3O28. The topological polar surface area (TPSA) is 410 Å². The van der Waals surface area contributed by atoms with E-state index < -0.39 is 230 Å².